The van der Waals surface area contributed by atoms with Crippen molar-refractivity contribution in [2.24, 2.45) is 0 Å². The van der Waals surface area contributed by atoms with Crippen LogP contribution in [0.3, 0.4) is 0 Å². The second-order valence-electron chi connectivity index (χ2n) is 4.93. The first-order valence-corrected chi connectivity index (χ1v) is 7.32. The Hall–Kier alpha value is -2.27. The maximum Gasteiger partial charge on any atom is 0.254 e. The van der Waals surface area contributed by atoms with E-state index < -0.39 is 11.7 Å². The normalized spacial score (nSPS) is 11.7. The minimum absolute atomic E-state index is 0.0928. The van der Waals surface area contributed by atoms with Gasteiger partial charge in [0.2, 0.25) is 0 Å². The van der Waals surface area contributed by atoms with E-state index in [0.29, 0.717) is 16.5 Å². The van der Waals surface area contributed by atoms with Crippen molar-refractivity contribution in [3.8, 4) is 11.5 Å². The number of nitrogens with one attached hydrogen (secondary N) is 1. The Morgan fingerprint density at radius 3 is 2.48 bits per heavy atom. The number of carbonyl (C=O) groups excluding carboxylic acids is 1. The van der Waals surface area contributed by atoms with Crippen LogP contribution < -0.4 is 14.8 Å². The standard InChI is InChI=1S/C17H17ClFNO3/c1-10(11-4-7-15(22-2)16(8-11)23-3)20-17(21)13-9-12(18)5-6-14(13)19/h4-10H,1-3H3,(H,20,21)/t10-/m0/s1. The van der Waals surface area contributed by atoms with E-state index in [2.05, 4.69) is 5.32 Å². The highest BCUT2D eigenvalue weighted by Crippen LogP contribution is 2.30. The molecular formula is C17H17ClFNO3. The molecule has 0 radical (unpaired) electrons. The van der Waals surface area contributed by atoms with E-state index >= 15 is 0 Å². The van der Waals surface area contributed by atoms with Crippen molar-refractivity contribution in [3.63, 3.8) is 0 Å². The van der Waals surface area contributed by atoms with Crippen LogP contribution in [0.4, 0.5) is 4.39 Å². The van der Waals surface area contributed by atoms with Crippen molar-refractivity contribution in [1.82, 2.24) is 5.32 Å². The zero-order chi connectivity index (χ0) is 17.0. The molecule has 1 N–H and O–H groups in total. The lowest BCUT2D eigenvalue weighted by Gasteiger charge is -2.17. The predicted octanol–water partition coefficient (Wildman–Crippen LogP) is 3.99. The van der Waals surface area contributed by atoms with Crippen LogP contribution in [0.25, 0.3) is 0 Å². The third-order valence-corrected chi connectivity index (χ3v) is 3.66. The largest absolute Gasteiger partial charge is 0.493 e. The van der Waals surface area contributed by atoms with Crippen LogP contribution in [0.1, 0.15) is 28.9 Å². The summed E-state index contributed by atoms with van der Waals surface area (Å²) in [6.45, 7) is 1.79. The number of carbonyl (C=O) groups is 1. The van der Waals surface area contributed by atoms with Gasteiger partial charge >= 0.3 is 0 Å². The number of benzene rings is 2. The lowest BCUT2D eigenvalue weighted by atomic mass is 10.1. The lowest BCUT2D eigenvalue weighted by molar-refractivity contribution is 0.0935. The number of rotatable bonds is 5. The molecule has 2 aromatic rings. The van der Waals surface area contributed by atoms with Crippen molar-refractivity contribution in [2.75, 3.05) is 14.2 Å². The molecule has 4 nitrogen and oxygen atoms in total. The molecule has 0 aliphatic carbocycles. The zero-order valence-electron chi connectivity index (χ0n) is 13.0. The molecule has 122 valence electrons. The molecule has 0 bridgehead atoms. The molecule has 0 fully saturated rings. The first-order chi connectivity index (χ1) is 11.0. The van der Waals surface area contributed by atoms with Gasteiger partial charge in [-0.15, -0.1) is 0 Å². The summed E-state index contributed by atoms with van der Waals surface area (Å²) in [5.74, 6) is -0.00519. The van der Waals surface area contributed by atoms with E-state index in [4.69, 9.17) is 21.1 Å². The van der Waals surface area contributed by atoms with E-state index in [0.717, 1.165) is 5.56 Å². The highest BCUT2D eigenvalue weighted by atomic mass is 35.5. The average Bonchev–Trinajstić information content (AvgIpc) is 2.56. The average molecular weight is 338 g/mol. The molecule has 0 aliphatic heterocycles. The van der Waals surface area contributed by atoms with Crippen molar-refractivity contribution in [1.29, 1.82) is 0 Å². The Morgan fingerprint density at radius 2 is 1.83 bits per heavy atom. The van der Waals surface area contributed by atoms with E-state index in [1.807, 2.05) is 0 Å². The summed E-state index contributed by atoms with van der Waals surface area (Å²) >= 11 is 5.81. The minimum atomic E-state index is -0.619. The number of hydrogen-bond acceptors (Lipinski definition) is 3. The van der Waals surface area contributed by atoms with Gasteiger partial charge in [0.15, 0.2) is 11.5 Å². The minimum Gasteiger partial charge on any atom is -0.493 e. The third kappa shape index (κ3) is 3.93. The summed E-state index contributed by atoms with van der Waals surface area (Å²) in [5.41, 5.74) is 0.711. The van der Waals surface area contributed by atoms with Gasteiger partial charge in [0.05, 0.1) is 25.8 Å². The van der Waals surface area contributed by atoms with Crippen LogP contribution in [0, 0.1) is 5.82 Å². The van der Waals surface area contributed by atoms with Gasteiger partial charge in [0.1, 0.15) is 5.82 Å². The molecule has 23 heavy (non-hydrogen) atoms. The molecule has 1 amide bonds. The molecule has 0 heterocycles. The Bertz CT molecular complexity index is 721. The van der Waals surface area contributed by atoms with Gasteiger partial charge in [0, 0.05) is 5.02 Å². The molecule has 6 heteroatoms. The van der Waals surface area contributed by atoms with Gasteiger partial charge in [-0.3, -0.25) is 4.79 Å². The summed E-state index contributed by atoms with van der Waals surface area (Å²) in [7, 11) is 3.08. The molecule has 1 atom stereocenters. The van der Waals surface area contributed by atoms with Gasteiger partial charge in [0.25, 0.3) is 5.91 Å². The maximum absolute atomic E-state index is 13.7. The van der Waals surface area contributed by atoms with Crippen LogP contribution in [-0.4, -0.2) is 20.1 Å². The molecule has 0 saturated heterocycles. The fraction of sp³-hybridized carbons (Fsp3) is 0.235. The van der Waals surface area contributed by atoms with E-state index in [1.165, 1.54) is 25.3 Å². The van der Waals surface area contributed by atoms with Crippen LogP contribution in [-0.2, 0) is 0 Å². The summed E-state index contributed by atoms with van der Waals surface area (Å²) in [6.07, 6.45) is 0. The molecular weight excluding hydrogens is 321 g/mol. The molecule has 0 aromatic heterocycles. The van der Waals surface area contributed by atoms with Gasteiger partial charge in [-0.2, -0.15) is 0 Å². The first-order valence-electron chi connectivity index (χ1n) is 6.94. The Labute approximate surface area is 139 Å². The maximum atomic E-state index is 13.7. The van der Waals surface area contributed by atoms with Gasteiger partial charge in [-0.1, -0.05) is 17.7 Å². The molecule has 0 aliphatic rings. The fourth-order valence-electron chi connectivity index (χ4n) is 2.15. The number of amides is 1. The van der Waals surface area contributed by atoms with Crippen LogP contribution in [0.2, 0.25) is 5.02 Å². The van der Waals surface area contributed by atoms with Crippen LogP contribution in [0.5, 0.6) is 11.5 Å². The van der Waals surface area contributed by atoms with Crippen molar-refractivity contribution >= 4 is 17.5 Å². The van der Waals surface area contributed by atoms with Crippen molar-refractivity contribution in [2.45, 2.75) is 13.0 Å². The quantitative estimate of drug-likeness (QED) is 0.897. The molecule has 0 saturated carbocycles. The van der Waals surface area contributed by atoms with E-state index in [9.17, 15) is 9.18 Å². The molecule has 2 aromatic carbocycles. The number of hydrogen-bond donors (Lipinski definition) is 1. The topological polar surface area (TPSA) is 47.6 Å². The lowest BCUT2D eigenvalue weighted by Crippen LogP contribution is -2.27. The highest BCUT2D eigenvalue weighted by Gasteiger charge is 2.17. The smallest absolute Gasteiger partial charge is 0.254 e. The molecule has 0 spiro atoms. The summed E-state index contributed by atoms with van der Waals surface area (Å²) in [6, 6.07) is 8.83. The Balaban J connectivity index is 2.19. The van der Waals surface area contributed by atoms with Crippen molar-refractivity contribution in [3.05, 3.63) is 58.4 Å². The van der Waals surface area contributed by atoms with Gasteiger partial charge in [-0.25, -0.2) is 4.39 Å². The van der Waals surface area contributed by atoms with E-state index in [1.54, 1.807) is 32.2 Å². The SMILES string of the molecule is COc1ccc([C@H](C)NC(=O)c2cc(Cl)ccc2F)cc1OC. The third-order valence-electron chi connectivity index (χ3n) is 3.43. The predicted molar refractivity (Wildman–Crippen MR) is 86.8 cm³/mol. The zero-order valence-corrected chi connectivity index (χ0v) is 13.8. The van der Waals surface area contributed by atoms with Crippen LogP contribution >= 0.6 is 11.6 Å². The monoisotopic (exact) mass is 337 g/mol. The Morgan fingerprint density at radius 1 is 1.13 bits per heavy atom. The molecule has 2 rings (SSSR count). The number of methoxy groups -OCH3 is 2. The van der Waals surface area contributed by atoms with Crippen molar-refractivity contribution < 1.29 is 18.7 Å². The summed E-state index contributed by atoms with van der Waals surface area (Å²) in [4.78, 5) is 12.2. The summed E-state index contributed by atoms with van der Waals surface area (Å²) < 4.78 is 24.1. The summed E-state index contributed by atoms with van der Waals surface area (Å²) in [5, 5.41) is 3.04. The molecule has 0 unspecified atom stereocenters. The fourth-order valence-corrected chi connectivity index (χ4v) is 2.32. The number of halogens is 2. The second kappa shape index (κ2) is 7.33. The van der Waals surface area contributed by atoms with E-state index in [-0.39, 0.29) is 11.6 Å². The Kier molecular flexibility index (Phi) is 5.45. The first kappa shape index (κ1) is 17.1. The van der Waals surface area contributed by atoms with Gasteiger partial charge in [-0.05, 0) is 42.8 Å². The highest BCUT2D eigenvalue weighted by molar-refractivity contribution is 6.31. The second-order valence-corrected chi connectivity index (χ2v) is 5.37. The van der Waals surface area contributed by atoms with Gasteiger partial charge < -0.3 is 14.8 Å². The number of ether oxygens (including phenoxy) is 2. The van der Waals surface area contributed by atoms with Crippen LogP contribution in [0.15, 0.2) is 36.4 Å².